The molecule has 0 atom stereocenters. The molecule has 2 aromatic carbocycles. The summed E-state index contributed by atoms with van der Waals surface area (Å²) in [6.07, 6.45) is 8.17. The average molecular weight is 467 g/mol. The lowest BCUT2D eigenvalue weighted by atomic mass is 9.95. The van der Waals surface area contributed by atoms with Crippen molar-refractivity contribution >= 4 is 23.2 Å². The number of hydrogen-bond donors (Lipinski definition) is 1. The summed E-state index contributed by atoms with van der Waals surface area (Å²) < 4.78 is 0. The fourth-order valence-electron chi connectivity index (χ4n) is 3.24. The lowest BCUT2D eigenvalue weighted by Gasteiger charge is -2.36. The minimum atomic E-state index is -0.280. The number of benzene rings is 2. The maximum Gasteiger partial charge on any atom is 0.251 e. The summed E-state index contributed by atoms with van der Waals surface area (Å²) in [5.74, 6) is -0.0687. The molecule has 0 bridgehead atoms. The Hall–Kier alpha value is -2.52. The second kappa shape index (κ2) is 11.1. The Morgan fingerprint density at radius 1 is 0.970 bits per heavy atom. The van der Waals surface area contributed by atoms with Crippen molar-refractivity contribution in [2.24, 2.45) is 0 Å². The molecular formula is C29H39ClN2O. The fraction of sp³-hybridized carbons (Fsp3) is 0.414. The zero-order valence-electron chi connectivity index (χ0n) is 21.4. The van der Waals surface area contributed by atoms with Gasteiger partial charge in [0.15, 0.2) is 0 Å². The molecule has 0 heterocycles. The van der Waals surface area contributed by atoms with Crippen LogP contribution in [0.15, 0.2) is 60.7 Å². The molecule has 0 unspecified atom stereocenters. The van der Waals surface area contributed by atoms with Crippen LogP contribution in [0.1, 0.15) is 77.2 Å². The van der Waals surface area contributed by atoms with Gasteiger partial charge in [-0.2, -0.15) is 0 Å². The molecule has 0 aliphatic heterocycles. The van der Waals surface area contributed by atoms with E-state index in [4.69, 9.17) is 11.6 Å². The van der Waals surface area contributed by atoms with Crippen molar-refractivity contribution in [3.8, 4) is 11.1 Å². The van der Waals surface area contributed by atoms with Crippen LogP contribution in [0.3, 0.4) is 0 Å². The van der Waals surface area contributed by atoms with Gasteiger partial charge in [0.2, 0.25) is 0 Å². The van der Waals surface area contributed by atoms with Gasteiger partial charge in [-0.05, 0) is 101 Å². The van der Waals surface area contributed by atoms with Gasteiger partial charge in [-0.25, -0.2) is 0 Å². The minimum Gasteiger partial charge on any atom is -0.369 e. The summed E-state index contributed by atoms with van der Waals surface area (Å²) in [5.41, 5.74) is 4.34. The van der Waals surface area contributed by atoms with Gasteiger partial charge in [-0.1, -0.05) is 49.7 Å². The van der Waals surface area contributed by atoms with Crippen LogP contribution in [-0.4, -0.2) is 28.9 Å². The van der Waals surface area contributed by atoms with Gasteiger partial charge >= 0.3 is 0 Å². The zero-order chi connectivity index (χ0) is 24.8. The van der Waals surface area contributed by atoms with E-state index in [1.807, 2.05) is 50.2 Å². The lowest BCUT2D eigenvalue weighted by Crippen LogP contribution is -2.42. The molecule has 33 heavy (non-hydrogen) atoms. The van der Waals surface area contributed by atoms with Gasteiger partial charge < -0.3 is 10.2 Å². The van der Waals surface area contributed by atoms with Crippen LogP contribution in [0.2, 0.25) is 5.02 Å². The lowest BCUT2D eigenvalue weighted by molar-refractivity contribution is 0.0911. The highest BCUT2D eigenvalue weighted by molar-refractivity contribution is 6.30. The number of halogens is 1. The van der Waals surface area contributed by atoms with Gasteiger partial charge in [-0.3, -0.25) is 4.79 Å². The van der Waals surface area contributed by atoms with Crippen LogP contribution >= 0.6 is 11.6 Å². The molecule has 0 saturated carbocycles. The van der Waals surface area contributed by atoms with Gasteiger partial charge in [0, 0.05) is 34.4 Å². The van der Waals surface area contributed by atoms with Crippen molar-refractivity contribution in [3.05, 3.63) is 76.8 Å². The van der Waals surface area contributed by atoms with E-state index in [1.54, 1.807) is 0 Å². The summed E-state index contributed by atoms with van der Waals surface area (Å²) >= 11 is 6.13. The van der Waals surface area contributed by atoms with Gasteiger partial charge in [0.25, 0.3) is 5.91 Å². The molecule has 0 saturated heterocycles. The molecule has 2 aromatic rings. The van der Waals surface area contributed by atoms with Gasteiger partial charge in [0.1, 0.15) is 0 Å². The second-order valence-corrected chi connectivity index (χ2v) is 10.6. The zero-order valence-corrected chi connectivity index (χ0v) is 22.2. The first-order valence-electron chi connectivity index (χ1n) is 11.7. The van der Waals surface area contributed by atoms with E-state index in [0.717, 1.165) is 35.2 Å². The maximum absolute atomic E-state index is 13.3. The number of carbonyl (C=O) groups excluding carboxylic acids is 1. The van der Waals surface area contributed by atoms with Crippen LogP contribution in [0.5, 0.6) is 0 Å². The highest BCUT2D eigenvalue weighted by atomic mass is 35.5. The third-order valence-electron chi connectivity index (χ3n) is 6.00. The fourth-order valence-corrected chi connectivity index (χ4v) is 3.37. The van der Waals surface area contributed by atoms with Crippen molar-refractivity contribution in [2.45, 2.75) is 72.4 Å². The molecule has 4 heteroatoms. The second-order valence-electron chi connectivity index (χ2n) is 10.1. The first-order chi connectivity index (χ1) is 15.4. The van der Waals surface area contributed by atoms with Crippen LogP contribution in [0, 0.1) is 0 Å². The number of hydrogen-bond acceptors (Lipinski definition) is 2. The molecule has 1 amide bonds. The van der Waals surface area contributed by atoms with E-state index in [0.29, 0.717) is 10.6 Å². The first kappa shape index (κ1) is 26.7. The normalized spacial score (nSPS) is 12.8. The van der Waals surface area contributed by atoms with Crippen molar-refractivity contribution in [3.63, 3.8) is 0 Å². The molecule has 0 fully saturated rings. The number of allylic oxidation sites excluding steroid dienone is 3. The first-order valence-corrected chi connectivity index (χ1v) is 12.1. The molecule has 0 aliphatic rings. The summed E-state index contributed by atoms with van der Waals surface area (Å²) in [6, 6.07) is 13.9. The number of nitrogens with zero attached hydrogens (tertiary/aromatic N) is 1. The number of carbonyl (C=O) groups is 1. The van der Waals surface area contributed by atoms with Crippen LogP contribution in [0.4, 0.5) is 0 Å². The summed E-state index contributed by atoms with van der Waals surface area (Å²) in [4.78, 5) is 15.5. The third-order valence-corrected chi connectivity index (χ3v) is 6.25. The van der Waals surface area contributed by atoms with Crippen molar-refractivity contribution in [1.82, 2.24) is 10.2 Å². The molecule has 1 N–H and O–H groups in total. The van der Waals surface area contributed by atoms with Gasteiger partial charge in [-0.15, -0.1) is 0 Å². The molecule has 3 nitrogen and oxygen atoms in total. The summed E-state index contributed by atoms with van der Waals surface area (Å²) in [6.45, 7) is 14.8. The standard InChI is InChI=1S/C29H39ClN2O/c1-9-11-12-13-26(32(8)28(3,4)5)23-18-22(21-14-16-25(30)17-15-21)19-24(20-23)27(33)31-29(6,7)10-2/h11-20H,9-10H2,1-8H3,(H,31,33)/b12-11+,26-13-. The van der Waals surface area contributed by atoms with Gasteiger partial charge in [0.05, 0.1) is 0 Å². The molecular weight excluding hydrogens is 428 g/mol. The average Bonchev–Trinajstić information content (AvgIpc) is 2.75. The monoisotopic (exact) mass is 466 g/mol. The largest absolute Gasteiger partial charge is 0.369 e. The summed E-state index contributed by atoms with van der Waals surface area (Å²) in [7, 11) is 2.10. The topological polar surface area (TPSA) is 32.3 Å². The highest BCUT2D eigenvalue weighted by Gasteiger charge is 2.23. The van der Waals surface area contributed by atoms with Crippen LogP contribution in [0.25, 0.3) is 16.8 Å². The summed E-state index contributed by atoms with van der Waals surface area (Å²) in [5, 5.41) is 3.87. The third kappa shape index (κ3) is 7.50. The van der Waals surface area contributed by atoms with Crippen LogP contribution in [-0.2, 0) is 0 Å². The van der Waals surface area contributed by atoms with E-state index in [-0.39, 0.29) is 17.0 Å². The van der Waals surface area contributed by atoms with E-state index >= 15 is 0 Å². The van der Waals surface area contributed by atoms with E-state index < -0.39 is 0 Å². The predicted octanol–water partition coefficient (Wildman–Crippen LogP) is 7.96. The SMILES string of the molecule is CC/C=C/C=C(/c1cc(C(=O)NC(C)(C)CC)cc(-c2ccc(Cl)cc2)c1)N(C)C(C)(C)C. The van der Waals surface area contributed by atoms with E-state index in [9.17, 15) is 4.79 Å². The Morgan fingerprint density at radius 3 is 2.12 bits per heavy atom. The van der Waals surface area contributed by atoms with E-state index in [2.05, 4.69) is 76.2 Å². The number of amides is 1. The molecule has 0 spiro atoms. The molecule has 2 rings (SSSR count). The maximum atomic E-state index is 13.3. The molecule has 0 aromatic heterocycles. The van der Waals surface area contributed by atoms with Crippen molar-refractivity contribution in [2.75, 3.05) is 7.05 Å². The predicted molar refractivity (Wildman–Crippen MR) is 144 cm³/mol. The Labute approximate surface area is 205 Å². The van der Waals surface area contributed by atoms with E-state index in [1.165, 1.54) is 0 Å². The molecule has 0 aliphatic carbocycles. The van der Waals surface area contributed by atoms with Crippen molar-refractivity contribution in [1.29, 1.82) is 0 Å². The van der Waals surface area contributed by atoms with Crippen LogP contribution < -0.4 is 5.32 Å². The Balaban J connectivity index is 2.71. The Morgan fingerprint density at radius 2 is 1.58 bits per heavy atom. The Kier molecular flexibility index (Phi) is 8.97. The quantitative estimate of drug-likeness (QED) is 0.400. The molecule has 0 radical (unpaired) electrons. The minimum absolute atomic E-state index is 0.0687. The Bertz CT molecular complexity index is 1010. The molecule has 178 valence electrons. The van der Waals surface area contributed by atoms with Crippen molar-refractivity contribution < 1.29 is 4.79 Å². The number of rotatable bonds is 8. The smallest absolute Gasteiger partial charge is 0.251 e. The number of nitrogens with one attached hydrogen (secondary N) is 1. The highest BCUT2D eigenvalue weighted by Crippen LogP contribution is 2.31.